The zero-order valence-electron chi connectivity index (χ0n) is 10.5. The summed E-state index contributed by atoms with van der Waals surface area (Å²) in [5, 5.41) is 11.9. The van der Waals surface area contributed by atoms with Gasteiger partial charge in [0.05, 0.1) is 0 Å². The summed E-state index contributed by atoms with van der Waals surface area (Å²) < 4.78 is 1.85. The van der Waals surface area contributed by atoms with Gasteiger partial charge in [0, 0.05) is 12.7 Å². The van der Waals surface area contributed by atoms with Crippen molar-refractivity contribution in [1.82, 2.24) is 9.88 Å². The van der Waals surface area contributed by atoms with Crippen LogP contribution in [0.5, 0.6) is 0 Å². The summed E-state index contributed by atoms with van der Waals surface area (Å²) in [7, 11) is 0. The van der Waals surface area contributed by atoms with Gasteiger partial charge in [-0.05, 0) is 37.8 Å². The normalized spacial score (nSPS) is 16.9. The van der Waals surface area contributed by atoms with Gasteiger partial charge in [-0.1, -0.05) is 6.92 Å². The molecule has 1 fully saturated rings. The van der Waals surface area contributed by atoms with Crippen LogP contribution in [0.1, 0.15) is 43.1 Å². The van der Waals surface area contributed by atoms with E-state index in [1.54, 1.807) is 12.1 Å². The predicted molar refractivity (Wildman–Crippen MR) is 66.4 cm³/mol. The average Bonchev–Trinajstić information content (AvgIpc) is 2.71. The van der Waals surface area contributed by atoms with E-state index in [0.29, 0.717) is 18.5 Å². The highest BCUT2D eigenvalue weighted by Crippen LogP contribution is 2.32. The Morgan fingerprint density at radius 2 is 2.22 bits per heavy atom. The van der Waals surface area contributed by atoms with Gasteiger partial charge in [0.15, 0.2) is 0 Å². The first-order valence-corrected chi connectivity index (χ1v) is 6.30. The fourth-order valence-electron chi connectivity index (χ4n) is 2.26. The summed E-state index contributed by atoms with van der Waals surface area (Å²) in [6.07, 6.45) is 4.65. The smallest absolute Gasteiger partial charge is 0.329 e. The van der Waals surface area contributed by atoms with E-state index in [0.717, 1.165) is 19.4 Å². The topological polar surface area (TPSA) is 71.3 Å². The molecule has 1 heterocycles. The minimum absolute atomic E-state index is 0.296. The third-order valence-electron chi connectivity index (χ3n) is 3.50. The number of carbonyl (C=O) groups is 2. The number of rotatable bonds is 5. The van der Waals surface area contributed by atoms with Crippen molar-refractivity contribution in [3.05, 3.63) is 24.0 Å². The average molecular weight is 250 g/mol. The fraction of sp³-hybridized carbons (Fsp3) is 0.538. The molecule has 0 aromatic carbocycles. The van der Waals surface area contributed by atoms with Gasteiger partial charge in [-0.25, -0.2) is 4.79 Å². The summed E-state index contributed by atoms with van der Waals surface area (Å²) in [5.41, 5.74) is -0.511. The number of carboxylic acids is 1. The van der Waals surface area contributed by atoms with Gasteiger partial charge < -0.3 is 15.0 Å². The van der Waals surface area contributed by atoms with Gasteiger partial charge >= 0.3 is 5.97 Å². The summed E-state index contributed by atoms with van der Waals surface area (Å²) >= 11 is 0. The first-order chi connectivity index (χ1) is 8.59. The van der Waals surface area contributed by atoms with Crippen LogP contribution in [0.3, 0.4) is 0 Å². The Morgan fingerprint density at radius 1 is 1.50 bits per heavy atom. The minimum atomic E-state index is -1.04. The molecule has 0 saturated heterocycles. The molecule has 18 heavy (non-hydrogen) atoms. The Bertz CT molecular complexity index is 461. The van der Waals surface area contributed by atoms with Gasteiger partial charge in [-0.15, -0.1) is 0 Å². The van der Waals surface area contributed by atoms with Crippen LogP contribution >= 0.6 is 0 Å². The Labute approximate surface area is 106 Å². The number of aliphatic carboxylic acids is 1. The first kappa shape index (κ1) is 12.7. The molecule has 0 spiro atoms. The quantitative estimate of drug-likeness (QED) is 0.834. The van der Waals surface area contributed by atoms with E-state index in [1.165, 1.54) is 0 Å². The second kappa shape index (κ2) is 4.84. The largest absolute Gasteiger partial charge is 0.480 e. The van der Waals surface area contributed by atoms with E-state index < -0.39 is 11.5 Å². The van der Waals surface area contributed by atoms with Crippen LogP contribution in [-0.2, 0) is 11.3 Å². The summed E-state index contributed by atoms with van der Waals surface area (Å²) in [4.78, 5) is 23.3. The molecule has 5 heteroatoms. The number of aryl methyl sites for hydroxylation is 1. The van der Waals surface area contributed by atoms with Crippen molar-refractivity contribution in [3.63, 3.8) is 0 Å². The van der Waals surface area contributed by atoms with Crippen LogP contribution in [0.25, 0.3) is 0 Å². The lowest BCUT2D eigenvalue weighted by atomic mass is 9.76. The lowest BCUT2D eigenvalue weighted by Gasteiger charge is -2.38. The molecule has 1 aromatic rings. The van der Waals surface area contributed by atoms with Crippen LogP contribution < -0.4 is 5.32 Å². The van der Waals surface area contributed by atoms with Crippen molar-refractivity contribution in [2.75, 3.05) is 0 Å². The summed E-state index contributed by atoms with van der Waals surface area (Å²) in [5.74, 6) is -1.23. The number of hydrogen-bond acceptors (Lipinski definition) is 2. The lowest BCUT2D eigenvalue weighted by Crippen LogP contribution is -2.59. The number of aromatic nitrogens is 1. The van der Waals surface area contributed by atoms with Crippen LogP contribution in [0, 0.1) is 0 Å². The van der Waals surface area contributed by atoms with E-state index in [4.69, 9.17) is 0 Å². The number of carbonyl (C=O) groups excluding carboxylic acids is 1. The maximum atomic E-state index is 12.1. The molecular formula is C13H18N2O3. The molecule has 1 aliphatic carbocycles. The molecule has 1 aromatic heterocycles. The van der Waals surface area contributed by atoms with Crippen molar-refractivity contribution in [1.29, 1.82) is 0 Å². The Hall–Kier alpha value is -1.78. The number of nitrogens with zero attached hydrogens (tertiary/aromatic N) is 1. The van der Waals surface area contributed by atoms with Gasteiger partial charge in [0.2, 0.25) is 0 Å². The van der Waals surface area contributed by atoms with Crippen LogP contribution in [0.2, 0.25) is 0 Å². The van der Waals surface area contributed by atoms with E-state index in [-0.39, 0.29) is 5.91 Å². The predicted octanol–water partition coefficient (Wildman–Crippen LogP) is 1.64. The Morgan fingerprint density at radius 3 is 2.72 bits per heavy atom. The minimum Gasteiger partial charge on any atom is -0.480 e. The lowest BCUT2D eigenvalue weighted by molar-refractivity contribution is -0.148. The van der Waals surface area contributed by atoms with Gasteiger partial charge in [0.25, 0.3) is 5.91 Å². The van der Waals surface area contributed by atoms with Crippen molar-refractivity contribution < 1.29 is 14.7 Å². The SMILES string of the molecule is CCCn1cccc1C(=O)NC1(C(=O)O)CCC1. The second-order valence-electron chi connectivity index (χ2n) is 4.78. The van der Waals surface area contributed by atoms with Crippen molar-refractivity contribution in [2.45, 2.75) is 44.7 Å². The highest BCUT2D eigenvalue weighted by atomic mass is 16.4. The Balaban J connectivity index is 2.12. The monoisotopic (exact) mass is 250 g/mol. The number of carboxylic acid groups (broad SMARTS) is 1. The summed E-state index contributed by atoms with van der Waals surface area (Å²) in [6.45, 7) is 2.79. The van der Waals surface area contributed by atoms with Crippen molar-refractivity contribution in [3.8, 4) is 0 Å². The van der Waals surface area contributed by atoms with E-state index in [2.05, 4.69) is 5.32 Å². The zero-order chi connectivity index (χ0) is 13.2. The molecule has 1 amide bonds. The number of nitrogens with one attached hydrogen (secondary N) is 1. The standard InChI is InChI=1S/C13H18N2O3/c1-2-8-15-9-3-5-10(15)11(16)14-13(12(17)18)6-4-7-13/h3,5,9H,2,4,6-8H2,1H3,(H,14,16)(H,17,18). The molecule has 1 saturated carbocycles. The van der Waals surface area contributed by atoms with Crippen molar-refractivity contribution in [2.24, 2.45) is 0 Å². The maximum absolute atomic E-state index is 12.1. The van der Waals surface area contributed by atoms with E-state index in [1.807, 2.05) is 17.7 Å². The molecule has 98 valence electrons. The molecule has 0 atom stereocenters. The van der Waals surface area contributed by atoms with E-state index >= 15 is 0 Å². The first-order valence-electron chi connectivity index (χ1n) is 6.30. The molecule has 2 rings (SSSR count). The maximum Gasteiger partial charge on any atom is 0.329 e. The molecule has 2 N–H and O–H groups in total. The van der Waals surface area contributed by atoms with Gasteiger partial charge in [-0.2, -0.15) is 0 Å². The molecular weight excluding hydrogens is 232 g/mol. The van der Waals surface area contributed by atoms with Crippen molar-refractivity contribution >= 4 is 11.9 Å². The van der Waals surface area contributed by atoms with Gasteiger partial charge in [-0.3, -0.25) is 4.79 Å². The molecule has 0 bridgehead atoms. The molecule has 0 radical (unpaired) electrons. The molecule has 5 nitrogen and oxygen atoms in total. The molecule has 1 aliphatic rings. The number of hydrogen-bond donors (Lipinski definition) is 2. The zero-order valence-corrected chi connectivity index (χ0v) is 10.5. The van der Waals surface area contributed by atoms with Crippen LogP contribution in [0.4, 0.5) is 0 Å². The fourth-order valence-corrected chi connectivity index (χ4v) is 2.26. The van der Waals surface area contributed by atoms with Gasteiger partial charge in [0.1, 0.15) is 11.2 Å². The Kier molecular flexibility index (Phi) is 3.41. The third-order valence-corrected chi connectivity index (χ3v) is 3.50. The van der Waals surface area contributed by atoms with Crippen LogP contribution in [0.15, 0.2) is 18.3 Å². The van der Waals surface area contributed by atoms with E-state index in [9.17, 15) is 14.7 Å². The molecule has 0 aliphatic heterocycles. The third kappa shape index (κ3) is 2.12. The second-order valence-corrected chi connectivity index (χ2v) is 4.78. The highest BCUT2D eigenvalue weighted by molar-refractivity contribution is 5.97. The summed E-state index contributed by atoms with van der Waals surface area (Å²) in [6, 6.07) is 3.53. The number of amides is 1. The molecule has 0 unspecified atom stereocenters. The van der Waals surface area contributed by atoms with Crippen LogP contribution in [-0.4, -0.2) is 27.1 Å². The highest BCUT2D eigenvalue weighted by Gasteiger charge is 2.46.